The summed E-state index contributed by atoms with van der Waals surface area (Å²) in [6.07, 6.45) is 6.79. The molecule has 0 N–H and O–H groups in total. The smallest absolute Gasteiger partial charge is 0.0214 e. The molecular weight excluding hydrogens is 168 g/mol. The molecule has 1 saturated carbocycles. The fraction of sp³-hybridized carbons (Fsp3) is 0.571. The molecule has 0 saturated heterocycles. The van der Waals surface area contributed by atoms with Crippen LogP contribution in [0, 0.1) is 5.41 Å². The molecule has 2 aliphatic carbocycles. The zero-order valence-corrected chi connectivity index (χ0v) is 9.45. The zero-order chi connectivity index (χ0) is 10.3. The van der Waals surface area contributed by atoms with Crippen LogP contribution in [0.1, 0.15) is 46.0 Å². The van der Waals surface area contributed by atoms with Gasteiger partial charge in [-0.2, -0.15) is 0 Å². The first-order chi connectivity index (χ1) is 6.54. The van der Waals surface area contributed by atoms with Crippen molar-refractivity contribution >= 4 is 0 Å². The van der Waals surface area contributed by atoms with Gasteiger partial charge in [-0.1, -0.05) is 30.7 Å². The van der Waals surface area contributed by atoms with E-state index in [1.165, 1.54) is 54.4 Å². The van der Waals surface area contributed by atoms with E-state index in [4.69, 9.17) is 0 Å². The van der Waals surface area contributed by atoms with Gasteiger partial charge in [0.25, 0.3) is 0 Å². The van der Waals surface area contributed by atoms with Crippen molar-refractivity contribution in [2.75, 3.05) is 0 Å². The summed E-state index contributed by atoms with van der Waals surface area (Å²) in [5, 5.41) is 0. The summed E-state index contributed by atoms with van der Waals surface area (Å²) >= 11 is 0. The van der Waals surface area contributed by atoms with Crippen LogP contribution in [0.3, 0.4) is 0 Å². The molecule has 2 rings (SSSR count). The molecule has 76 valence electrons. The molecule has 0 unspecified atom stereocenters. The van der Waals surface area contributed by atoms with Crippen molar-refractivity contribution < 1.29 is 0 Å². The van der Waals surface area contributed by atoms with Gasteiger partial charge in [-0.3, -0.25) is 0 Å². The van der Waals surface area contributed by atoms with Gasteiger partial charge in [-0.05, 0) is 56.1 Å². The Kier molecular flexibility index (Phi) is 2.17. The van der Waals surface area contributed by atoms with E-state index in [1.807, 2.05) is 0 Å². The molecule has 1 fully saturated rings. The molecule has 14 heavy (non-hydrogen) atoms. The Labute approximate surface area is 87.4 Å². The predicted octanol–water partition coefficient (Wildman–Crippen LogP) is 4.40. The van der Waals surface area contributed by atoms with Crippen molar-refractivity contribution in [1.82, 2.24) is 0 Å². The molecule has 0 aliphatic heterocycles. The third kappa shape index (κ3) is 1.37. The molecule has 0 bridgehead atoms. The van der Waals surface area contributed by atoms with E-state index in [2.05, 4.69) is 27.0 Å². The van der Waals surface area contributed by atoms with Crippen LogP contribution >= 0.6 is 0 Å². The Balaban J connectivity index is 2.27. The van der Waals surface area contributed by atoms with E-state index < -0.39 is 0 Å². The highest BCUT2D eigenvalue weighted by Crippen LogP contribution is 2.57. The Morgan fingerprint density at radius 1 is 1.00 bits per heavy atom. The lowest BCUT2D eigenvalue weighted by molar-refractivity contribution is 0.149. The summed E-state index contributed by atoms with van der Waals surface area (Å²) in [6, 6.07) is 0. The molecule has 0 atom stereocenters. The van der Waals surface area contributed by atoms with Gasteiger partial charge in [-0.15, -0.1) is 0 Å². The molecule has 2 aliphatic rings. The highest BCUT2D eigenvalue weighted by molar-refractivity contribution is 5.46. The Morgan fingerprint density at radius 3 is 1.64 bits per heavy atom. The van der Waals surface area contributed by atoms with Crippen LogP contribution in [-0.2, 0) is 0 Å². The van der Waals surface area contributed by atoms with Crippen LogP contribution in [0.4, 0.5) is 0 Å². The molecule has 0 heteroatoms. The maximum absolute atomic E-state index is 4.09. The number of allylic oxidation sites excluding steroid dienone is 4. The van der Waals surface area contributed by atoms with Crippen molar-refractivity contribution in [3.63, 3.8) is 0 Å². The fourth-order valence-electron chi connectivity index (χ4n) is 2.87. The van der Waals surface area contributed by atoms with Crippen molar-refractivity contribution in [2.45, 2.75) is 46.0 Å². The lowest BCUT2D eigenvalue weighted by atomic mass is 9.66. The summed E-state index contributed by atoms with van der Waals surface area (Å²) in [5.74, 6) is 0. The van der Waals surface area contributed by atoms with Crippen LogP contribution in [0.2, 0.25) is 0 Å². The maximum Gasteiger partial charge on any atom is -0.0214 e. The minimum atomic E-state index is 0.628. The Bertz CT molecular complexity index is 296. The Hall–Kier alpha value is -0.780. The van der Waals surface area contributed by atoms with Gasteiger partial charge in [0.1, 0.15) is 0 Å². The van der Waals surface area contributed by atoms with Crippen LogP contribution in [0.5, 0.6) is 0 Å². The predicted molar refractivity (Wildman–Crippen MR) is 62.2 cm³/mol. The van der Waals surface area contributed by atoms with Crippen molar-refractivity contribution in [2.24, 2.45) is 5.41 Å². The van der Waals surface area contributed by atoms with Gasteiger partial charge in [0.15, 0.2) is 0 Å². The quantitative estimate of drug-likeness (QED) is 0.602. The summed E-state index contributed by atoms with van der Waals surface area (Å²) in [7, 11) is 0. The van der Waals surface area contributed by atoms with E-state index in [9.17, 15) is 0 Å². The highest BCUT2D eigenvalue weighted by Gasteiger charge is 2.43. The van der Waals surface area contributed by atoms with Crippen LogP contribution < -0.4 is 0 Å². The fourth-order valence-corrected chi connectivity index (χ4v) is 2.87. The van der Waals surface area contributed by atoms with Gasteiger partial charge in [0.05, 0.1) is 0 Å². The zero-order valence-electron chi connectivity index (χ0n) is 9.45. The average Bonchev–Trinajstić information content (AvgIpc) is 2.42. The minimum absolute atomic E-state index is 0.628. The van der Waals surface area contributed by atoms with Crippen molar-refractivity contribution in [3.05, 3.63) is 35.5 Å². The van der Waals surface area contributed by atoms with Crippen LogP contribution in [0.15, 0.2) is 35.5 Å². The third-order valence-corrected chi connectivity index (χ3v) is 3.91. The Morgan fingerprint density at radius 2 is 1.43 bits per heavy atom. The van der Waals surface area contributed by atoms with Gasteiger partial charge < -0.3 is 0 Å². The van der Waals surface area contributed by atoms with Gasteiger partial charge in [0, 0.05) is 0 Å². The molecule has 1 spiro atoms. The lowest BCUT2D eigenvalue weighted by Crippen LogP contribution is -2.26. The second kappa shape index (κ2) is 3.12. The molecule has 0 nitrogen and oxygen atoms in total. The monoisotopic (exact) mass is 188 g/mol. The largest absolute Gasteiger partial charge is 0.0958 e. The molecule has 0 radical (unpaired) electrons. The minimum Gasteiger partial charge on any atom is -0.0958 e. The second-order valence-corrected chi connectivity index (χ2v) is 5.22. The third-order valence-electron chi connectivity index (χ3n) is 3.91. The van der Waals surface area contributed by atoms with E-state index in [0.717, 1.165) is 0 Å². The number of hydrogen-bond donors (Lipinski definition) is 0. The lowest BCUT2D eigenvalue weighted by Gasteiger charge is -2.39. The molecular formula is C14H20. The van der Waals surface area contributed by atoms with Gasteiger partial charge in [-0.25, -0.2) is 0 Å². The molecule has 0 amide bonds. The van der Waals surface area contributed by atoms with E-state index in [0.29, 0.717) is 5.41 Å². The first kappa shape index (κ1) is 9.76. The van der Waals surface area contributed by atoms with E-state index in [-0.39, 0.29) is 0 Å². The van der Waals surface area contributed by atoms with Crippen molar-refractivity contribution in [3.8, 4) is 0 Å². The summed E-state index contributed by atoms with van der Waals surface area (Å²) in [4.78, 5) is 0. The first-order valence-electron chi connectivity index (χ1n) is 5.58. The standard InChI is InChI=1S/C14H20/c1-10(2)12-8-14(6-5-7-14)9-13(12)11(3)4/h1,3,5-9H2,2,4H3. The molecule has 0 aromatic heterocycles. The summed E-state index contributed by atoms with van der Waals surface area (Å²) < 4.78 is 0. The first-order valence-corrected chi connectivity index (χ1v) is 5.58. The van der Waals surface area contributed by atoms with Gasteiger partial charge in [0.2, 0.25) is 0 Å². The molecule has 0 aromatic carbocycles. The average molecular weight is 188 g/mol. The SMILES string of the molecule is C=C(C)C1=C(C(=C)C)CC2(CCC2)C1. The summed E-state index contributed by atoms with van der Waals surface area (Å²) in [5.41, 5.74) is 6.16. The van der Waals surface area contributed by atoms with Gasteiger partial charge >= 0.3 is 0 Å². The maximum atomic E-state index is 4.09. The number of rotatable bonds is 2. The van der Waals surface area contributed by atoms with Crippen LogP contribution in [-0.4, -0.2) is 0 Å². The second-order valence-electron chi connectivity index (χ2n) is 5.22. The highest BCUT2D eigenvalue weighted by atomic mass is 14.5. The number of hydrogen-bond acceptors (Lipinski definition) is 0. The van der Waals surface area contributed by atoms with Crippen molar-refractivity contribution in [1.29, 1.82) is 0 Å². The van der Waals surface area contributed by atoms with E-state index in [1.54, 1.807) is 0 Å². The normalized spacial score (nSPS) is 23.9. The molecule has 0 heterocycles. The topological polar surface area (TPSA) is 0 Å². The summed E-state index contributed by atoms with van der Waals surface area (Å²) in [6.45, 7) is 12.5. The molecule has 0 aromatic rings. The van der Waals surface area contributed by atoms with E-state index >= 15 is 0 Å². The van der Waals surface area contributed by atoms with Crippen LogP contribution in [0.25, 0.3) is 0 Å².